The molecular formula is C22H19N3O2. The molecule has 0 saturated heterocycles. The first-order valence-corrected chi connectivity index (χ1v) is 8.79. The molecule has 1 N–H and O–H groups in total. The van der Waals surface area contributed by atoms with Gasteiger partial charge in [0.15, 0.2) is 0 Å². The van der Waals surface area contributed by atoms with Crippen LogP contribution in [-0.4, -0.2) is 28.2 Å². The minimum absolute atomic E-state index is 0.259. The molecule has 2 amide bonds. The zero-order valence-electron chi connectivity index (χ0n) is 14.9. The molecule has 0 saturated carbocycles. The van der Waals surface area contributed by atoms with Gasteiger partial charge in [-0.05, 0) is 42.3 Å². The van der Waals surface area contributed by atoms with E-state index in [2.05, 4.69) is 10.3 Å². The molecule has 0 radical (unpaired) electrons. The smallest absolute Gasteiger partial charge is 0.281 e. The van der Waals surface area contributed by atoms with Crippen LogP contribution in [0.2, 0.25) is 0 Å². The Balaban J connectivity index is 1.73. The van der Waals surface area contributed by atoms with Crippen LogP contribution < -0.4 is 5.32 Å². The molecule has 0 bridgehead atoms. The summed E-state index contributed by atoms with van der Waals surface area (Å²) in [4.78, 5) is 32.3. The van der Waals surface area contributed by atoms with E-state index < -0.39 is 5.66 Å². The van der Waals surface area contributed by atoms with Crippen LogP contribution in [0.5, 0.6) is 0 Å². The third-order valence-electron chi connectivity index (χ3n) is 4.63. The molecule has 2 aliphatic rings. The van der Waals surface area contributed by atoms with E-state index in [9.17, 15) is 9.59 Å². The Bertz CT molecular complexity index is 977. The minimum atomic E-state index is -1.37. The molecule has 1 atom stereocenters. The van der Waals surface area contributed by atoms with E-state index in [4.69, 9.17) is 0 Å². The van der Waals surface area contributed by atoms with Gasteiger partial charge in [0.25, 0.3) is 11.8 Å². The van der Waals surface area contributed by atoms with Crippen molar-refractivity contribution in [2.75, 3.05) is 0 Å². The predicted octanol–water partition coefficient (Wildman–Crippen LogP) is 3.07. The molecule has 2 aromatic rings. The minimum Gasteiger partial charge on any atom is -0.320 e. The van der Waals surface area contributed by atoms with Crippen molar-refractivity contribution < 1.29 is 9.59 Å². The molecule has 2 aliphatic heterocycles. The number of rotatable bonds is 4. The Kier molecular flexibility index (Phi) is 4.20. The monoisotopic (exact) mass is 357 g/mol. The first-order valence-electron chi connectivity index (χ1n) is 8.79. The fraction of sp³-hybridized carbons (Fsp3) is 0.136. The lowest BCUT2D eigenvalue weighted by molar-refractivity contribution is -0.130. The van der Waals surface area contributed by atoms with E-state index in [0.29, 0.717) is 11.4 Å². The van der Waals surface area contributed by atoms with Gasteiger partial charge in [-0.2, -0.15) is 0 Å². The summed E-state index contributed by atoms with van der Waals surface area (Å²) < 4.78 is 0. The van der Waals surface area contributed by atoms with Crippen molar-refractivity contribution in [2.45, 2.75) is 19.0 Å². The van der Waals surface area contributed by atoms with Crippen LogP contribution in [0.4, 0.5) is 0 Å². The third kappa shape index (κ3) is 3.19. The van der Waals surface area contributed by atoms with Crippen molar-refractivity contribution in [3.63, 3.8) is 0 Å². The van der Waals surface area contributed by atoms with Crippen LogP contribution in [0.15, 0.2) is 89.6 Å². The van der Waals surface area contributed by atoms with Crippen molar-refractivity contribution >= 4 is 17.6 Å². The second-order valence-electron chi connectivity index (χ2n) is 6.69. The maximum absolute atomic E-state index is 13.3. The predicted molar refractivity (Wildman–Crippen MR) is 104 cm³/mol. The van der Waals surface area contributed by atoms with Crippen LogP contribution in [0.25, 0.3) is 0 Å². The van der Waals surface area contributed by atoms with Crippen molar-refractivity contribution in [1.29, 1.82) is 0 Å². The first-order chi connectivity index (χ1) is 13.1. The van der Waals surface area contributed by atoms with Gasteiger partial charge in [0.1, 0.15) is 5.84 Å². The standard InChI is InChI=1S/C22H19N3O2/c1-16-12-13-25-19(14-16)23-22(21(25)27,15-17-8-4-2-5-9-17)24-20(26)18-10-6-3-7-11-18/h2-14H,15H2,1H3,(H,24,26). The number of benzene rings is 2. The van der Waals surface area contributed by atoms with E-state index in [1.165, 1.54) is 4.90 Å². The summed E-state index contributed by atoms with van der Waals surface area (Å²) in [6.07, 6.45) is 5.69. The Morgan fingerprint density at radius 2 is 1.74 bits per heavy atom. The van der Waals surface area contributed by atoms with Gasteiger partial charge in [-0.3, -0.25) is 14.5 Å². The summed E-state index contributed by atoms with van der Waals surface area (Å²) in [5.41, 5.74) is 1.05. The van der Waals surface area contributed by atoms with Crippen LogP contribution in [0.1, 0.15) is 22.8 Å². The molecule has 0 aromatic heterocycles. The van der Waals surface area contributed by atoms with Gasteiger partial charge in [0, 0.05) is 18.2 Å². The summed E-state index contributed by atoms with van der Waals surface area (Å²) in [5.74, 6) is -0.0383. The fourth-order valence-electron chi connectivity index (χ4n) is 3.27. The lowest BCUT2D eigenvalue weighted by Gasteiger charge is -2.27. The zero-order chi connectivity index (χ0) is 18.9. The van der Waals surface area contributed by atoms with Crippen molar-refractivity contribution in [2.24, 2.45) is 4.99 Å². The van der Waals surface area contributed by atoms with Gasteiger partial charge in [-0.25, -0.2) is 4.99 Å². The number of allylic oxidation sites excluding steroid dienone is 2. The quantitative estimate of drug-likeness (QED) is 0.914. The highest BCUT2D eigenvalue weighted by Gasteiger charge is 2.49. The first kappa shape index (κ1) is 17.0. The largest absolute Gasteiger partial charge is 0.320 e. The van der Waals surface area contributed by atoms with E-state index in [1.807, 2.05) is 55.5 Å². The van der Waals surface area contributed by atoms with Crippen molar-refractivity contribution in [3.8, 4) is 0 Å². The van der Waals surface area contributed by atoms with E-state index in [1.54, 1.807) is 30.5 Å². The van der Waals surface area contributed by atoms with Crippen LogP contribution in [0, 0.1) is 0 Å². The molecular weight excluding hydrogens is 338 g/mol. The molecule has 134 valence electrons. The molecule has 0 spiro atoms. The highest BCUT2D eigenvalue weighted by Crippen LogP contribution is 2.28. The summed E-state index contributed by atoms with van der Waals surface area (Å²) in [6, 6.07) is 18.5. The number of carbonyl (C=O) groups is 2. The van der Waals surface area contributed by atoms with Crippen LogP contribution in [-0.2, 0) is 11.2 Å². The number of amidine groups is 1. The Morgan fingerprint density at radius 3 is 2.44 bits per heavy atom. The molecule has 27 heavy (non-hydrogen) atoms. The lowest BCUT2D eigenvalue weighted by atomic mass is 9.98. The maximum Gasteiger partial charge on any atom is 0.281 e. The van der Waals surface area contributed by atoms with Gasteiger partial charge in [-0.1, -0.05) is 48.5 Å². The SMILES string of the molecule is CC1=CC2=NC(Cc3ccccc3)(NC(=O)c3ccccc3)C(=O)N2C=C1. The van der Waals surface area contributed by atoms with Crippen molar-refractivity contribution in [1.82, 2.24) is 10.2 Å². The highest BCUT2D eigenvalue weighted by atomic mass is 16.2. The maximum atomic E-state index is 13.3. The van der Waals surface area contributed by atoms with Gasteiger partial charge in [-0.15, -0.1) is 0 Å². The molecule has 1 unspecified atom stereocenters. The molecule has 2 aromatic carbocycles. The second kappa shape index (κ2) is 6.68. The zero-order valence-corrected chi connectivity index (χ0v) is 14.9. The van der Waals surface area contributed by atoms with Crippen LogP contribution in [0.3, 0.4) is 0 Å². The number of hydrogen-bond acceptors (Lipinski definition) is 3. The number of carbonyl (C=O) groups excluding carboxylic acids is 2. The summed E-state index contributed by atoms with van der Waals surface area (Å²) >= 11 is 0. The fourth-order valence-corrected chi connectivity index (χ4v) is 3.27. The second-order valence-corrected chi connectivity index (χ2v) is 6.69. The summed E-state index contributed by atoms with van der Waals surface area (Å²) in [7, 11) is 0. The van der Waals surface area contributed by atoms with E-state index in [0.717, 1.165) is 11.1 Å². The topological polar surface area (TPSA) is 61.8 Å². The molecule has 4 rings (SSSR count). The Labute approximate surface area is 157 Å². The third-order valence-corrected chi connectivity index (χ3v) is 4.63. The van der Waals surface area contributed by atoms with Gasteiger partial charge in [0.05, 0.1) is 0 Å². The van der Waals surface area contributed by atoms with Crippen molar-refractivity contribution in [3.05, 3.63) is 95.7 Å². The number of amides is 2. The molecule has 0 fully saturated rings. The van der Waals surface area contributed by atoms with E-state index in [-0.39, 0.29) is 18.2 Å². The normalized spacial score (nSPS) is 20.8. The Hall–Kier alpha value is -3.47. The molecule has 5 nitrogen and oxygen atoms in total. The van der Waals surface area contributed by atoms with Gasteiger partial charge in [0.2, 0.25) is 5.66 Å². The molecule has 2 heterocycles. The highest BCUT2D eigenvalue weighted by molar-refractivity contribution is 6.15. The Morgan fingerprint density at radius 1 is 1.07 bits per heavy atom. The number of fused-ring (bicyclic) bond motifs is 1. The summed E-state index contributed by atoms with van der Waals surface area (Å²) in [6.45, 7) is 1.95. The van der Waals surface area contributed by atoms with Crippen LogP contribution >= 0.6 is 0 Å². The molecule has 5 heteroatoms. The number of hydrogen-bond donors (Lipinski definition) is 1. The number of nitrogens with one attached hydrogen (secondary N) is 1. The van der Waals surface area contributed by atoms with E-state index >= 15 is 0 Å². The molecule has 0 aliphatic carbocycles. The number of aliphatic imine (C=N–C) groups is 1. The average molecular weight is 357 g/mol. The summed E-state index contributed by atoms with van der Waals surface area (Å²) in [5, 5.41) is 2.90. The van der Waals surface area contributed by atoms with Gasteiger partial charge < -0.3 is 5.32 Å². The average Bonchev–Trinajstić information content (AvgIpc) is 2.94. The number of nitrogens with zero attached hydrogens (tertiary/aromatic N) is 2. The van der Waals surface area contributed by atoms with Gasteiger partial charge >= 0.3 is 0 Å². The lowest BCUT2D eigenvalue weighted by Crippen LogP contribution is -2.55.